The summed E-state index contributed by atoms with van der Waals surface area (Å²) in [7, 11) is 0. The number of benzene rings is 1. The lowest BCUT2D eigenvalue weighted by atomic mass is 10.2. The first-order valence-corrected chi connectivity index (χ1v) is 3.66. The molecule has 0 aliphatic carbocycles. The van der Waals surface area contributed by atoms with Crippen molar-refractivity contribution in [1.29, 1.82) is 0 Å². The van der Waals surface area contributed by atoms with E-state index in [4.69, 9.17) is 10.8 Å². The summed E-state index contributed by atoms with van der Waals surface area (Å²) in [5.41, 5.74) is 0.989. The highest BCUT2D eigenvalue weighted by molar-refractivity contribution is 5.16. The third-order valence-corrected chi connectivity index (χ3v) is 1.64. The Morgan fingerprint density at radius 3 is 2.55 bits per heavy atom. The van der Waals surface area contributed by atoms with E-state index in [-0.39, 0.29) is 6.29 Å². The largest absolute Gasteiger partial charge is 0.346 e. The highest BCUT2D eigenvalue weighted by atomic mass is 16.7. The molecule has 1 heterocycles. The van der Waals surface area contributed by atoms with Crippen LogP contribution in [0, 0.1) is 0 Å². The van der Waals surface area contributed by atoms with Gasteiger partial charge >= 0.3 is 0 Å². The van der Waals surface area contributed by atoms with Crippen molar-refractivity contribution in [3.8, 4) is 0 Å². The van der Waals surface area contributed by atoms with E-state index in [2.05, 4.69) is 0 Å². The van der Waals surface area contributed by atoms with Gasteiger partial charge in [-0.15, -0.1) is 0 Å². The van der Waals surface area contributed by atoms with Crippen molar-refractivity contribution in [2.75, 3.05) is 13.2 Å². The summed E-state index contributed by atoms with van der Waals surface area (Å²) < 4.78 is 17.9. The van der Waals surface area contributed by atoms with Crippen LogP contribution in [-0.4, -0.2) is 13.2 Å². The molecule has 1 fully saturated rings. The molecule has 2 rings (SSSR count). The van der Waals surface area contributed by atoms with Gasteiger partial charge in [0.2, 0.25) is 0 Å². The Morgan fingerprint density at radius 1 is 1.27 bits per heavy atom. The fraction of sp³-hybridized carbons (Fsp3) is 0.333. The predicted octanol–water partition coefficient (Wildman–Crippen LogP) is 1.73. The summed E-state index contributed by atoms with van der Waals surface area (Å²) in [6.07, 6.45) is -0.217. The van der Waals surface area contributed by atoms with Gasteiger partial charge in [0.25, 0.3) is 0 Å². The zero-order valence-electron chi connectivity index (χ0n) is 7.12. The Labute approximate surface area is 67.2 Å². The number of hydrogen-bond donors (Lipinski definition) is 0. The Balaban J connectivity index is 2.17. The molecule has 1 saturated heterocycles. The molecule has 58 valence electrons. The molecule has 0 spiro atoms. The minimum absolute atomic E-state index is 0.217. The zero-order valence-corrected chi connectivity index (χ0v) is 6.12. The van der Waals surface area contributed by atoms with Gasteiger partial charge < -0.3 is 9.47 Å². The lowest BCUT2D eigenvalue weighted by Crippen LogP contribution is -1.96. The SMILES string of the molecule is [2H]c1ccc(C2OCCO2)cc1. The van der Waals surface area contributed by atoms with Crippen LogP contribution in [0.15, 0.2) is 30.3 Å². The van der Waals surface area contributed by atoms with E-state index in [9.17, 15) is 0 Å². The molecule has 0 atom stereocenters. The van der Waals surface area contributed by atoms with Crippen molar-refractivity contribution < 1.29 is 10.8 Å². The highest BCUT2D eigenvalue weighted by Crippen LogP contribution is 2.21. The van der Waals surface area contributed by atoms with Gasteiger partial charge in [-0.3, -0.25) is 0 Å². The Bertz CT molecular complexity index is 252. The van der Waals surface area contributed by atoms with Gasteiger partial charge in [0.1, 0.15) is 0 Å². The van der Waals surface area contributed by atoms with Crippen LogP contribution in [0.25, 0.3) is 0 Å². The topological polar surface area (TPSA) is 18.5 Å². The maximum absolute atomic E-state index is 7.28. The van der Waals surface area contributed by atoms with Gasteiger partial charge in [-0.05, 0) is 0 Å². The van der Waals surface area contributed by atoms with Gasteiger partial charge in [-0.1, -0.05) is 30.3 Å². The quantitative estimate of drug-likeness (QED) is 0.608. The summed E-state index contributed by atoms with van der Waals surface area (Å²) in [5, 5.41) is 0. The predicted molar refractivity (Wildman–Crippen MR) is 41.1 cm³/mol. The molecule has 0 amide bonds. The van der Waals surface area contributed by atoms with Crippen LogP contribution in [0.2, 0.25) is 0 Å². The van der Waals surface area contributed by atoms with E-state index in [0.717, 1.165) is 5.56 Å². The smallest absolute Gasteiger partial charge is 0.184 e. The second kappa shape index (κ2) is 3.03. The molecule has 0 N–H and O–H groups in total. The van der Waals surface area contributed by atoms with Gasteiger partial charge in [-0.2, -0.15) is 0 Å². The molecule has 2 nitrogen and oxygen atoms in total. The normalized spacial score (nSPS) is 20.2. The summed E-state index contributed by atoms with van der Waals surface area (Å²) in [5.74, 6) is 0. The van der Waals surface area contributed by atoms with Crippen molar-refractivity contribution in [1.82, 2.24) is 0 Å². The van der Waals surface area contributed by atoms with E-state index in [1.807, 2.05) is 12.1 Å². The standard InChI is InChI=1S/C9H10O2/c1-2-4-8(5-3-1)9-10-6-7-11-9/h1-5,9H,6-7H2/i1D. The van der Waals surface area contributed by atoms with Crippen LogP contribution in [0.3, 0.4) is 0 Å². The number of ether oxygens (including phenoxy) is 2. The van der Waals surface area contributed by atoms with Crippen molar-refractivity contribution in [2.24, 2.45) is 0 Å². The molecule has 2 heteroatoms. The third kappa shape index (κ3) is 1.42. The first-order valence-electron chi connectivity index (χ1n) is 4.16. The third-order valence-electron chi connectivity index (χ3n) is 1.64. The molecule has 1 aliphatic heterocycles. The summed E-state index contributed by atoms with van der Waals surface area (Å²) in [4.78, 5) is 0. The monoisotopic (exact) mass is 151 g/mol. The first-order chi connectivity index (χ1) is 5.86. The van der Waals surface area contributed by atoms with Gasteiger partial charge in [0, 0.05) is 5.56 Å². The molecule has 1 aromatic carbocycles. The molecule has 0 radical (unpaired) electrons. The van der Waals surface area contributed by atoms with Gasteiger partial charge in [-0.25, -0.2) is 0 Å². The van der Waals surface area contributed by atoms with Gasteiger partial charge in [0.05, 0.1) is 14.6 Å². The zero-order chi connectivity index (χ0) is 8.39. The Hall–Kier alpha value is -0.860. The Kier molecular flexibility index (Phi) is 1.58. The summed E-state index contributed by atoms with van der Waals surface area (Å²) in [6, 6.07) is 7.70. The summed E-state index contributed by atoms with van der Waals surface area (Å²) in [6.45, 7) is 1.32. The first kappa shape index (κ1) is 5.75. The van der Waals surface area contributed by atoms with E-state index in [1.54, 1.807) is 12.1 Å². The fourth-order valence-electron chi connectivity index (χ4n) is 1.11. The summed E-state index contributed by atoms with van der Waals surface area (Å²) >= 11 is 0. The lowest BCUT2D eigenvalue weighted by molar-refractivity contribution is -0.0441. The maximum Gasteiger partial charge on any atom is 0.184 e. The molecular formula is C9H10O2. The second-order valence-corrected chi connectivity index (χ2v) is 2.41. The maximum atomic E-state index is 7.28. The molecule has 0 aromatic heterocycles. The molecule has 1 aromatic rings. The van der Waals surface area contributed by atoms with E-state index >= 15 is 0 Å². The minimum atomic E-state index is -0.217. The molecule has 1 aliphatic rings. The van der Waals surface area contributed by atoms with Crippen LogP contribution in [0.4, 0.5) is 0 Å². The molecule has 11 heavy (non-hydrogen) atoms. The second-order valence-electron chi connectivity index (χ2n) is 2.41. The number of rotatable bonds is 1. The van der Waals surface area contributed by atoms with Crippen molar-refractivity contribution in [3.05, 3.63) is 35.9 Å². The number of hydrogen-bond acceptors (Lipinski definition) is 2. The van der Waals surface area contributed by atoms with Crippen molar-refractivity contribution in [2.45, 2.75) is 6.29 Å². The fourth-order valence-corrected chi connectivity index (χ4v) is 1.11. The van der Waals surface area contributed by atoms with E-state index in [0.29, 0.717) is 19.3 Å². The lowest BCUT2D eigenvalue weighted by Gasteiger charge is -2.07. The van der Waals surface area contributed by atoms with Crippen LogP contribution < -0.4 is 0 Å². The van der Waals surface area contributed by atoms with E-state index < -0.39 is 0 Å². The molecule has 0 bridgehead atoms. The van der Waals surface area contributed by atoms with E-state index in [1.165, 1.54) is 0 Å². The van der Waals surface area contributed by atoms with Crippen LogP contribution in [-0.2, 0) is 9.47 Å². The average molecular weight is 151 g/mol. The van der Waals surface area contributed by atoms with Crippen LogP contribution >= 0.6 is 0 Å². The molecule has 0 saturated carbocycles. The Morgan fingerprint density at radius 2 is 1.91 bits per heavy atom. The van der Waals surface area contributed by atoms with Crippen LogP contribution in [0.1, 0.15) is 13.2 Å². The van der Waals surface area contributed by atoms with Gasteiger partial charge in [0.15, 0.2) is 6.29 Å². The minimum Gasteiger partial charge on any atom is -0.346 e. The van der Waals surface area contributed by atoms with Crippen LogP contribution in [0.5, 0.6) is 0 Å². The highest BCUT2D eigenvalue weighted by Gasteiger charge is 2.16. The van der Waals surface area contributed by atoms with Crippen molar-refractivity contribution >= 4 is 0 Å². The molecule has 0 unspecified atom stereocenters. The average Bonchev–Trinajstić information content (AvgIpc) is 2.58. The molecular weight excluding hydrogens is 140 g/mol. The van der Waals surface area contributed by atoms with Crippen molar-refractivity contribution in [3.63, 3.8) is 0 Å².